The Morgan fingerprint density at radius 3 is 2.70 bits per heavy atom. The molecule has 5 nitrogen and oxygen atoms in total. The highest BCUT2D eigenvalue weighted by Crippen LogP contribution is 2.20. The SMILES string of the molecule is Brc1ccc(-n2nnnc2CSc2ccccn2)cc1. The molecule has 0 saturated carbocycles. The first-order valence-corrected chi connectivity index (χ1v) is 7.68. The molecule has 7 heteroatoms. The number of nitrogens with zero attached hydrogens (tertiary/aromatic N) is 5. The van der Waals surface area contributed by atoms with Crippen LogP contribution in [0.2, 0.25) is 0 Å². The van der Waals surface area contributed by atoms with Crippen molar-refractivity contribution >= 4 is 27.7 Å². The summed E-state index contributed by atoms with van der Waals surface area (Å²) in [6, 6.07) is 13.7. The first-order valence-electron chi connectivity index (χ1n) is 5.90. The molecule has 2 aromatic heterocycles. The summed E-state index contributed by atoms with van der Waals surface area (Å²) in [4.78, 5) is 4.27. The van der Waals surface area contributed by atoms with Crippen molar-refractivity contribution in [2.24, 2.45) is 0 Å². The average molecular weight is 348 g/mol. The Morgan fingerprint density at radius 1 is 1.10 bits per heavy atom. The molecule has 3 aromatic rings. The second-order valence-electron chi connectivity index (χ2n) is 3.94. The molecule has 1 aromatic carbocycles. The van der Waals surface area contributed by atoms with Crippen LogP contribution in [0.5, 0.6) is 0 Å². The van der Waals surface area contributed by atoms with Crippen molar-refractivity contribution < 1.29 is 0 Å². The monoisotopic (exact) mass is 347 g/mol. The van der Waals surface area contributed by atoms with Gasteiger partial charge in [-0.3, -0.25) is 0 Å². The van der Waals surface area contributed by atoms with Gasteiger partial charge in [-0.2, -0.15) is 4.68 Å². The van der Waals surface area contributed by atoms with Crippen LogP contribution in [0, 0.1) is 0 Å². The average Bonchev–Trinajstić information content (AvgIpc) is 2.95. The quantitative estimate of drug-likeness (QED) is 0.678. The van der Waals surface area contributed by atoms with Gasteiger partial charge in [-0.25, -0.2) is 4.98 Å². The van der Waals surface area contributed by atoms with Crippen molar-refractivity contribution in [3.63, 3.8) is 0 Å². The smallest absolute Gasteiger partial charge is 0.166 e. The minimum absolute atomic E-state index is 0.667. The van der Waals surface area contributed by atoms with Crippen molar-refractivity contribution in [3.05, 3.63) is 59.0 Å². The zero-order valence-electron chi connectivity index (χ0n) is 10.3. The fourth-order valence-electron chi connectivity index (χ4n) is 1.65. The lowest BCUT2D eigenvalue weighted by atomic mass is 10.3. The van der Waals surface area contributed by atoms with Gasteiger partial charge in [0.15, 0.2) is 5.82 Å². The van der Waals surface area contributed by atoms with Crippen LogP contribution < -0.4 is 0 Å². The van der Waals surface area contributed by atoms with E-state index in [-0.39, 0.29) is 0 Å². The number of hydrogen-bond donors (Lipinski definition) is 0. The predicted molar refractivity (Wildman–Crippen MR) is 80.7 cm³/mol. The van der Waals surface area contributed by atoms with Crippen LogP contribution in [0.1, 0.15) is 5.82 Å². The standard InChI is InChI=1S/C13H10BrN5S/c14-10-4-6-11(7-5-10)19-12(16-17-18-19)9-20-13-3-1-2-8-15-13/h1-8H,9H2. The van der Waals surface area contributed by atoms with Gasteiger partial charge in [0.1, 0.15) is 0 Å². The second kappa shape index (κ2) is 6.15. The Labute approximate surface area is 128 Å². The van der Waals surface area contributed by atoms with Crippen LogP contribution >= 0.6 is 27.7 Å². The minimum Gasteiger partial charge on any atom is -0.250 e. The van der Waals surface area contributed by atoms with Crippen molar-refractivity contribution in [3.8, 4) is 5.69 Å². The first-order chi connectivity index (χ1) is 9.83. The molecule has 0 unspecified atom stereocenters. The molecule has 20 heavy (non-hydrogen) atoms. The maximum atomic E-state index is 4.27. The van der Waals surface area contributed by atoms with Gasteiger partial charge in [0.25, 0.3) is 0 Å². The number of rotatable bonds is 4. The zero-order chi connectivity index (χ0) is 13.8. The Kier molecular flexibility index (Phi) is 4.08. The van der Waals surface area contributed by atoms with Gasteiger partial charge in [0.2, 0.25) is 0 Å². The molecule has 0 aliphatic heterocycles. The van der Waals surface area contributed by atoms with E-state index in [1.807, 2.05) is 42.5 Å². The van der Waals surface area contributed by atoms with Gasteiger partial charge >= 0.3 is 0 Å². The lowest BCUT2D eigenvalue weighted by molar-refractivity contribution is 0.777. The van der Waals surface area contributed by atoms with E-state index in [2.05, 4.69) is 36.4 Å². The molecule has 100 valence electrons. The third kappa shape index (κ3) is 3.05. The van der Waals surface area contributed by atoms with E-state index in [4.69, 9.17) is 0 Å². The normalized spacial score (nSPS) is 10.7. The lowest BCUT2D eigenvalue weighted by Gasteiger charge is -2.04. The highest BCUT2D eigenvalue weighted by Gasteiger charge is 2.09. The van der Waals surface area contributed by atoms with Gasteiger partial charge in [0, 0.05) is 10.7 Å². The highest BCUT2D eigenvalue weighted by molar-refractivity contribution is 9.10. The summed E-state index contributed by atoms with van der Waals surface area (Å²) in [6.45, 7) is 0. The molecule has 0 aliphatic carbocycles. The van der Waals surface area contributed by atoms with E-state index < -0.39 is 0 Å². The van der Waals surface area contributed by atoms with Crippen LogP contribution in [0.15, 0.2) is 58.2 Å². The van der Waals surface area contributed by atoms with E-state index >= 15 is 0 Å². The molecule has 0 aliphatic rings. The summed E-state index contributed by atoms with van der Waals surface area (Å²) in [5.41, 5.74) is 0.940. The topological polar surface area (TPSA) is 56.5 Å². The number of thioether (sulfide) groups is 1. The molecule has 0 bridgehead atoms. The number of benzene rings is 1. The molecule has 0 atom stereocenters. The number of tetrazole rings is 1. The summed E-state index contributed by atoms with van der Waals surface area (Å²) < 4.78 is 2.77. The highest BCUT2D eigenvalue weighted by atomic mass is 79.9. The van der Waals surface area contributed by atoms with Crippen LogP contribution in [0.4, 0.5) is 0 Å². The van der Waals surface area contributed by atoms with Gasteiger partial charge in [0.05, 0.1) is 16.5 Å². The summed E-state index contributed by atoms with van der Waals surface area (Å²) in [6.07, 6.45) is 1.78. The lowest BCUT2D eigenvalue weighted by Crippen LogP contribution is -2.02. The second-order valence-corrected chi connectivity index (χ2v) is 5.85. The van der Waals surface area contributed by atoms with Crippen molar-refractivity contribution in [2.45, 2.75) is 10.8 Å². The van der Waals surface area contributed by atoms with Crippen LogP contribution in [-0.2, 0) is 5.75 Å². The van der Waals surface area contributed by atoms with E-state index in [1.54, 1.807) is 22.6 Å². The number of aromatic nitrogens is 5. The van der Waals surface area contributed by atoms with Gasteiger partial charge in [-0.05, 0) is 46.8 Å². The third-order valence-corrected chi connectivity index (χ3v) is 4.06. The molecule has 2 heterocycles. The number of halogens is 1. The molecule has 0 saturated heterocycles. The Balaban J connectivity index is 1.78. The molecular formula is C13H10BrN5S. The van der Waals surface area contributed by atoms with E-state index in [0.29, 0.717) is 5.75 Å². The van der Waals surface area contributed by atoms with E-state index in [0.717, 1.165) is 21.0 Å². The summed E-state index contributed by atoms with van der Waals surface area (Å²) in [5, 5.41) is 12.8. The van der Waals surface area contributed by atoms with Gasteiger partial charge in [-0.15, -0.1) is 5.10 Å². The number of hydrogen-bond acceptors (Lipinski definition) is 5. The van der Waals surface area contributed by atoms with Crippen LogP contribution in [-0.4, -0.2) is 25.2 Å². The molecule has 0 spiro atoms. The molecule has 3 rings (SSSR count). The van der Waals surface area contributed by atoms with Crippen molar-refractivity contribution in [1.29, 1.82) is 0 Å². The van der Waals surface area contributed by atoms with Crippen molar-refractivity contribution in [1.82, 2.24) is 25.2 Å². The largest absolute Gasteiger partial charge is 0.250 e. The van der Waals surface area contributed by atoms with Crippen LogP contribution in [0.25, 0.3) is 5.69 Å². The zero-order valence-corrected chi connectivity index (χ0v) is 12.8. The van der Waals surface area contributed by atoms with E-state index in [1.165, 1.54) is 0 Å². The van der Waals surface area contributed by atoms with E-state index in [9.17, 15) is 0 Å². The third-order valence-electron chi connectivity index (χ3n) is 2.59. The fraction of sp³-hybridized carbons (Fsp3) is 0.0769. The van der Waals surface area contributed by atoms with Crippen LogP contribution in [0.3, 0.4) is 0 Å². The first kappa shape index (κ1) is 13.3. The molecule has 0 amide bonds. The molecule has 0 N–H and O–H groups in total. The Hall–Kier alpha value is -1.73. The van der Waals surface area contributed by atoms with Gasteiger partial charge < -0.3 is 0 Å². The predicted octanol–water partition coefficient (Wildman–Crippen LogP) is 3.11. The molecule has 0 fully saturated rings. The molecular weight excluding hydrogens is 338 g/mol. The minimum atomic E-state index is 0.667. The number of pyridine rings is 1. The summed E-state index contributed by atoms with van der Waals surface area (Å²) in [7, 11) is 0. The summed E-state index contributed by atoms with van der Waals surface area (Å²) >= 11 is 5.02. The maximum absolute atomic E-state index is 4.27. The van der Waals surface area contributed by atoms with Crippen molar-refractivity contribution in [2.75, 3.05) is 0 Å². The fourth-order valence-corrected chi connectivity index (χ4v) is 2.68. The molecule has 0 radical (unpaired) electrons. The Morgan fingerprint density at radius 2 is 1.95 bits per heavy atom. The Bertz CT molecular complexity index is 683. The maximum Gasteiger partial charge on any atom is 0.166 e. The summed E-state index contributed by atoms with van der Waals surface area (Å²) in [5.74, 6) is 1.46. The van der Waals surface area contributed by atoms with Gasteiger partial charge in [-0.1, -0.05) is 33.8 Å².